The molecule has 0 amide bonds. The fourth-order valence-corrected chi connectivity index (χ4v) is 4.52. The predicted octanol–water partition coefficient (Wildman–Crippen LogP) is 5.96. The van der Waals surface area contributed by atoms with Crippen LogP contribution in [0.1, 0.15) is 38.3 Å². The van der Waals surface area contributed by atoms with Gasteiger partial charge in [-0.3, -0.25) is 0 Å². The quantitative estimate of drug-likeness (QED) is 0.580. The van der Waals surface area contributed by atoms with Crippen LogP contribution in [0.5, 0.6) is 0 Å². The van der Waals surface area contributed by atoms with E-state index in [1.807, 2.05) is 24.3 Å². The van der Waals surface area contributed by atoms with E-state index in [-0.39, 0.29) is 18.7 Å². The molecule has 1 heterocycles. The van der Waals surface area contributed by atoms with Gasteiger partial charge in [-0.1, -0.05) is 60.8 Å². The van der Waals surface area contributed by atoms with Gasteiger partial charge in [0.05, 0.1) is 23.4 Å². The van der Waals surface area contributed by atoms with Crippen LogP contribution < -0.4 is 10.2 Å². The van der Waals surface area contributed by atoms with E-state index in [0.29, 0.717) is 22.0 Å². The third-order valence-corrected chi connectivity index (χ3v) is 6.32. The van der Waals surface area contributed by atoms with Crippen molar-refractivity contribution in [2.75, 3.05) is 18.1 Å². The minimum absolute atomic E-state index is 0.0986. The molecule has 0 aliphatic carbocycles. The Balaban J connectivity index is 1.88. The second-order valence-electron chi connectivity index (χ2n) is 7.78. The SMILES string of the molecule is CC(C)C(CO)NC1CCN(c2ccc(Cl)cc2Cl)C(c2ccc(Cl)cc2)C1. The normalized spacial score (nSPS) is 21.2. The molecule has 1 aliphatic rings. The molecule has 1 fully saturated rings. The van der Waals surface area contributed by atoms with E-state index in [2.05, 4.69) is 36.2 Å². The Morgan fingerprint density at radius 1 is 1.07 bits per heavy atom. The molecule has 0 bridgehead atoms. The van der Waals surface area contributed by atoms with E-state index < -0.39 is 0 Å². The van der Waals surface area contributed by atoms with Crippen LogP contribution in [0.3, 0.4) is 0 Å². The molecule has 2 aromatic rings. The van der Waals surface area contributed by atoms with Crippen molar-refractivity contribution < 1.29 is 5.11 Å². The second-order valence-corrected chi connectivity index (χ2v) is 9.06. The van der Waals surface area contributed by atoms with Gasteiger partial charge in [-0.25, -0.2) is 0 Å². The number of aliphatic hydroxyl groups excluding tert-OH is 1. The zero-order valence-corrected chi connectivity index (χ0v) is 18.5. The fraction of sp³-hybridized carbons (Fsp3) is 0.455. The Morgan fingerprint density at radius 3 is 2.36 bits per heavy atom. The van der Waals surface area contributed by atoms with Gasteiger partial charge in [0.15, 0.2) is 0 Å². The summed E-state index contributed by atoms with van der Waals surface area (Å²) < 4.78 is 0. The number of halogens is 3. The molecule has 3 nitrogen and oxygen atoms in total. The van der Waals surface area contributed by atoms with Crippen molar-refractivity contribution in [3.8, 4) is 0 Å². The number of hydrogen-bond acceptors (Lipinski definition) is 3. The molecular formula is C22H27Cl3N2O. The van der Waals surface area contributed by atoms with Crippen molar-refractivity contribution in [3.63, 3.8) is 0 Å². The van der Waals surface area contributed by atoms with E-state index in [4.69, 9.17) is 34.8 Å². The summed E-state index contributed by atoms with van der Waals surface area (Å²) in [7, 11) is 0. The minimum Gasteiger partial charge on any atom is -0.395 e. The first kappa shape index (κ1) is 21.7. The van der Waals surface area contributed by atoms with E-state index >= 15 is 0 Å². The van der Waals surface area contributed by atoms with Crippen LogP contribution >= 0.6 is 34.8 Å². The van der Waals surface area contributed by atoms with Gasteiger partial charge in [0, 0.05) is 28.7 Å². The van der Waals surface area contributed by atoms with E-state index in [9.17, 15) is 5.11 Å². The fourth-order valence-electron chi connectivity index (χ4n) is 3.88. The number of aliphatic hydroxyl groups is 1. The largest absolute Gasteiger partial charge is 0.395 e. The first-order valence-corrected chi connectivity index (χ1v) is 10.9. The van der Waals surface area contributed by atoms with Crippen LogP contribution in [-0.4, -0.2) is 30.3 Å². The summed E-state index contributed by atoms with van der Waals surface area (Å²) in [5.74, 6) is 0.378. The molecule has 1 saturated heterocycles. The molecule has 0 aromatic heterocycles. The minimum atomic E-state index is 0.0986. The van der Waals surface area contributed by atoms with E-state index in [1.54, 1.807) is 6.07 Å². The van der Waals surface area contributed by atoms with E-state index in [1.165, 1.54) is 5.56 Å². The molecule has 0 saturated carbocycles. The number of piperidine rings is 1. The maximum Gasteiger partial charge on any atom is 0.0654 e. The highest BCUT2D eigenvalue weighted by atomic mass is 35.5. The highest BCUT2D eigenvalue weighted by Gasteiger charge is 2.32. The van der Waals surface area contributed by atoms with Gasteiger partial charge in [0.2, 0.25) is 0 Å². The Hall–Kier alpha value is -0.970. The van der Waals surface area contributed by atoms with Crippen molar-refractivity contribution in [1.82, 2.24) is 5.32 Å². The maximum absolute atomic E-state index is 9.72. The monoisotopic (exact) mass is 440 g/mol. The number of anilines is 1. The predicted molar refractivity (Wildman–Crippen MR) is 120 cm³/mol. The van der Waals surface area contributed by atoms with Crippen molar-refractivity contribution in [2.45, 2.75) is 44.8 Å². The summed E-state index contributed by atoms with van der Waals surface area (Å²) in [6.07, 6.45) is 1.90. The average Bonchev–Trinajstić information content (AvgIpc) is 2.67. The van der Waals surface area contributed by atoms with Gasteiger partial charge in [-0.2, -0.15) is 0 Å². The van der Waals surface area contributed by atoms with Crippen molar-refractivity contribution in [2.24, 2.45) is 5.92 Å². The lowest BCUT2D eigenvalue weighted by Gasteiger charge is -2.43. The van der Waals surface area contributed by atoms with Crippen LogP contribution in [0.25, 0.3) is 0 Å². The summed E-state index contributed by atoms with van der Waals surface area (Å²) in [4.78, 5) is 2.35. The van der Waals surface area contributed by atoms with Crippen LogP contribution in [-0.2, 0) is 0 Å². The first-order valence-electron chi connectivity index (χ1n) is 9.73. The number of nitrogens with zero attached hydrogens (tertiary/aromatic N) is 1. The number of hydrogen-bond donors (Lipinski definition) is 2. The number of rotatable bonds is 6. The molecule has 0 spiro atoms. The maximum atomic E-state index is 9.72. The Bertz CT molecular complexity index is 782. The molecule has 28 heavy (non-hydrogen) atoms. The Labute approximate surface area is 182 Å². The summed E-state index contributed by atoms with van der Waals surface area (Å²) in [5, 5.41) is 15.4. The molecule has 3 unspecified atom stereocenters. The third kappa shape index (κ3) is 5.14. The molecule has 6 heteroatoms. The van der Waals surface area contributed by atoms with Crippen LogP contribution in [0.2, 0.25) is 15.1 Å². The zero-order chi connectivity index (χ0) is 20.3. The highest BCUT2D eigenvalue weighted by Crippen LogP contribution is 2.39. The molecule has 2 N–H and O–H groups in total. The van der Waals surface area contributed by atoms with Crippen molar-refractivity contribution in [1.29, 1.82) is 0 Å². The molecule has 3 atom stereocenters. The van der Waals surface area contributed by atoms with Crippen molar-refractivity contribution in [3.05, 3.63) is 63.1 Å². The lowest BCUT2D eigenvalue weighted by atomic mass is 9.90. The van der Waals surface area contributed by atoms with Gasteiger partial charge in [-0.15, -0.1) is 0 Å². The zero-order valence-electron chi connectivity index (χ0n) is 16.2. The van der Waals surface area contributed by atoms with Crippen LogP contribution in [0.4, 0.5) is 5.69 Å². The van der Waals surface area contributed by atoms with Gasteiger partial charge in [0.1, 0.15) is 0 Å². The summed E-state index contributed by atoms with van der Waals surface area (Å²) in [6, 6.07) is 14.3. The molecule has 1 aliphatic heterocycles. The summed E-state index contributed by atoms with van der Waals surface area (Å²) >= 11 is 18.7. The molecule has 3 rings (SSSR count). The lowest BCUT2D eigenvalue weighted by Crippen LogP contribution is -2.50. The molecule has 0 radical (unpaired) electrons. The van der Waals surface area contributed by atoms with Gasteiger partial charge < -0.3 is 15.3 Å². The second kappa shape index (κ2) is 9.69. The van der Waals surface area contributed by atoms with E-state index in [0.717, 1.165) is 30.1 Å². The average molecular weight is 442 g/mol. The topological polar surface area (TPSA) is 35.5 Å². The number of benzene rings is 2. The van der Waals surface area contributed by atoms with Gasteiger partial charge >= 0.3 is 0 Å². The molecule has 2 aromatic carbocycles. The van der Waals surface area contributed by atoms with Crippen molar-refractivity contribution >= 4 is 40.5 Å². The standard InChI is InChI=1S/C22H27Cl3N2O/c1-14(2)20(13-28)26-18-9-10-27(21-8-7-17(24)11-19(21)25)22(12-18)15-3-5-16(23)6-4-15/h3-8,11,14,18,20,22,26,28H,9-10,12-13H2,1-2H3. The smallest absolute Gasteiger partial charge is 0.0654 e. The summed E-state index contributed by atoms with van der Waals surface area (Å²) in [6.45, 7) is 5.27. The lowest BCUT2D eigenvalue weighted by molar-refractivity contribution is 0.187. The summed E-state index contributed by atoms with van der Waals surface area (Å²) in [5.41, 5.74) is 2.19. The van der Waals surface area contributed by atoms with Gasteiger partial charge in [-0.05, 0) is 54.7 Å². The Morgan fingerprint density at radius 2 is 1.75 bits per heavy atom. The first-order chi connectivity index (χ1) is 13.4. The molecular weight excluding hydrogens is 415 g/mol. The molecule has 152 valence electrons. The third-order valence-electron chi connectivity index (χ3n) is 5.53. The van der Waals surface area contributed by atoms with Crippen LogP contribution in [0, 0.1) is 5.92 Å². The number of nitrogens with one attached hydrogen (secondary N) is 1. The van der Waals surface area contributed by atoms with Crippen LogP contribution in [0.15, 0.2) is 42.5 Å². The van der Waals surface area contributed by atoms with Gasteiger partial charge in [0.25, 0.3) is 0 Å². The Kier molecular flexibility index (Phi) is 7.52. The highest BCUT2D eigenvalue weighted by molar-refractivity contribution is 6.36.